The lowest BCUT2D eigenvalue weighted by Crippen LogP contribution is -1.87. The molecule has 4 heterocycles. The van der Waals surface area contributed by atoms with E-state index in [4.69, 9.17) is 10.1 Å². The third-order valence-corrected chi connectivity index (χ3v) is 11.7. The van der Waals surface area contributed by atoms with Crippen molar-refractivity contribution in [1.29, 1.82) is 0 Å². The van der Waals surface area contributed by atoms with Crippen molar-refractivity contribution in [2.45, 2.75) is 156 Å². The normalized spacial score (nSPS) is 11.7. The molecule has 4 aromatic heterocycles. The Morgan fingerprint density at radius 2 is 1.15 bits per heavy atom. The molecule has 0 radical (unpaired) electrons. The highest BCUT2D eigenvalue weighted by molar-refractivity contribution is 7.15. The Hall–Kier alpha value is -2.50. The lowest BCUT2D eigenvalue weighted by Gasteiger charge is -2.02. The van der Waals surface area contributed by atoms with E-state index in [2.05, 4.69) is 75.3 Å². The summed E-state index contributed by atoms with van der Waals surface area (Å²) in [6, 6.07) is 11.5. The first-order chi connectivity index (χ1) is 23.1. The molecule has 0 spiro atoms. The Kier molecular flexibility index (Phi) is 17.0. The van der Waals surface area contributed by atoms with Crippen LogP contribution in [0.2, 0.25) is 0 Å². The molecule has 0 unspecified atom stereocenters. The molecule has 4 rings (SSSR count). The van der Waals surface area contributed by atoms with Gasteiger partial charge >= 0.3 is 0 Å². The van der Waals surface area contributed by atoms with Gasteiger partial charge in [-0.25, -0.2) is 0 Å². The van der Waals surface area contributed by atoms with Crippen molar-refractivity contribution in [2.75, 3.05) is 0 Å². The number of hydrogen-bond donors (Lipinski definition) is 1. The summed E-state index contributed by atoms with van der Waals surface area (Å²) in [5, 5.41) is 8.18. The topological polar surface area (TPSA) is 41.6 Å². The second-order valence-electron chi connectivity index (χ2n) is 13.4. The molecule has 0 aliphatic heterocycles. The van der Waals surface area contributed by atoms with E-state index in [1.807, 2.05) is 28.9 Å². The summed E-state index contributed by atoms with van der Waals surface area (Å²) in [4.78, 5) is 10.6. The Morgan fingerprint density at radius 3 is 1.79 bits per heavy atom. The van der Waals surface area contributed by atoms with Gasteiger partial charge in [0, 0.05) is 20.8 Å². The van der Waals surface area contributed by atoms with Gasteiger partial charge in [0.25, 0.3) is 0 Å². The summed E-state index contributed by atoms with van der Waals surface area (Å²) < 4.78 is 0. The van der Waals surface area contributed by atoms with Gasteiger partial charge in [0.1, 0.15) is 5.69 Å². The fourth-order valence-electron chi connectivity index (χ4n) is 6.35. The zero-order valence-electron chi connectivity index (χ0n) is 30.0. The van der Waals surface area contributed by atoms with E-state index >= 15 is 0 Å². The van der Waals surface area contributed by atoms with Crippen molar-refractivity contribution in [3.63, 3.8) is 0 Å². The van der Waals surface area contributed by atoms with Crippen LogP contribution in [-0.2, 0) is 25.7 Å². The van der Waals surface area contributed by atoms with Crippen LogP contribution in [0.3, 0.4) is 0 Å². The fraction of sp³-hybridized carbons (Fsp3) is 0.571. The highest BCUT2D eigenvalue weighted by Gasteiger charge is 2.15. The number of aryl methyl sites for hydroxylation is 4. The Balaban J connectivity index is 1.49. The number of rotatable bonds is 24. The Labute approximate surface area is 294 Å². The van der Waals surface area contributed by atoms with E-state index in [1.165, 1.54) is 153 Å². The van der Waals surface area contributed by atoms with E-state index in [0.29, 0.717) is 0 Å². The maximum atomic E-state index is 4.84. The first kappa shape index (κ1) is 37.3. The average Bonchev–Trinajstić information content (AvgIpc) is 3.83. The van der Waals surface area contributed by atoms with Crippen molar-refractivity contribution in [1.82, 2.24) is 15.2 Å². The van der Waals surface area contributed by atoms with E-state index in [-0.39, 0.29) is 0 Å². The number of aromatic amines is 1. The third kappa shape index (κ3) is 12.5. The lowest BCUT2D eigenvalue weighted by atomic mass is 10.0. The largest absolute Gasteiger partial charge is 0.276 e. The van der Waals surface area contributed by atoms with Gasteiger partial charge in [0.05, 0.1) is 16.3 Å². The molecule has 0 fully saturated rings. The number of nitrogens with zero attached hydrogens (tertiary/aromatic N) is 2. The number of unbranched alkanes of at least 4 members (excludes halogenated alkanes) is 12. The number of nitrogens with one attached hydrogen (secondary N) is 1. The van der Waals surface area contributed by atoms with Gasteiger partial charge in [-0.15, -0.1) is 22.7 Å². The van der Waals surface area contributed by atoms with Crippen LogP contribution >= 0.6 is 22.7 Å². The minimum Gasteiger partial charge on any atom is -0.276 e. The minimum atomic E-state index is 0.953. The van der Waals surface area contributed by atoms with Gasteiger partial charge in [0.2, 0.25) is 0 Å². The summed E-state index contributed by atoms with van der Waals surface area (Å²) in [5.41, 5.74) is 7.21. The summed E-state index contributed by atoms with van der Waals surface area (Å²) >= 11 is 3.96. The number of H-pyrrole nitrogens is 1. The van der Waals surface area contributed by atoms with Crippen molar-refractivity contribution in [2.24, 2.45) is 0 Å². The van der Waals surface area contributed by atoms with Gasteiger partial charge in [-0.3, -0.25) is 10.1 Å². The molecule has 4 aromatic rings. The smallest absolute Gasteiger partial charge is 0.103 e. The SMILES string of the molecule is CCCCCCc1cc(CCCCCC)c(/C=C/c2ccnc(-c3cc(-c4sc(CCCCCC)cc4CCCCCC)n[nH]3)c2)s1. The standard InChI is InChI=1S/C42H61N3S2/c1-5-9-13-17-21-34-30-36(23-19-15-11-7-3)46-41(34)26-25-33-27-28-43-38(29-33)39-32-40(45-44-39)42-35(22-18-14-10-6-2)31-37(47-42)24-20-16-12-8-4/h25-32H,5-24H2,1-4H3,(H,44,45)/b26-25+. The fourth-order valence-corrected chi connectivity index (χ4v) is 8.72. The summed E-state index contributed by atoms with van der Waals surface area (Å²) in [6.07, 6.45) is 32.2. The van der Waals surface area contributed by atoms with Gasteiger partial charge in [-0.05, 0) is 104 Å². The molecule has 256 valence electrons. The lowest BCUT2D eigenvalue weighted by molar-refractivity contribution is 0.664. The van der Waals surface area contributed by atoms with E-state index in [1.54, 1.807) is 4.88 Å². The van der Waals surface area contributed by atoms with Gasteiger partial charge in [0.15, 0.2) is 0 Å². The highest BCUT2D eigenvalue weighted by atomic mass is 32.1. The van der Waals surface area contributed by atoms with Crippen LogP contribution in [0.5, 0.6) is 0 Å². The van der Waals surface area contributed by atoms with Crippen LogP contribution in [0.4, 0.5) is 0 Å². The molecule has 1 N–H and O–H groups in total. The zero-order valence-corrected chi connectivity index (χ0v) is 31.6. The van der Waals surface area contributed by atoms with Crippen molar-refractivity contribution in [3.8, 4) is 22.0 Å². The number of hydrogen-bond acceptors (Lipinski definition) is 4. The molecule has 0 aliphatic carbocycles. The average molecular weight is 672 g/mol. The summed E-state index contributed by atoms with van der Waals surface area (Å²) in [7, 11) is 0. The quantitative estimate of drug-likeness (QED) is 0.0753. The molecule has 0 atom stereocenters. The molecule has 0 saturated carbocycles. The molecule has 0 aliphatic rings. The maximum absolute atomic E-state index is 4.84. The molecular weight excluding hydrogens is 611 g/mol. The molecule has 0 aromatic carbocycles. The highest BCUT2D eigenvalue weighted by Crippen LogP contribution is 2.36. The second-order valence-corrected chi connectivity index (χ2v) is 15.7. The summed E-state index contributed by atoms with van der Waals surface area (Å²) in [5.74, 6) is 0. The van der Waals surface area contributed by atoms with E-state index in [9.17, 15) is 0 Å². The minimum absolute atomic E-state index is 0.953. The van der Waals surface area contributed by atoms with Crippen molar-refractivity contribution >= 4 is 34.8 Å². The van der Waals surface area contributed by atoms with Crippen molar-refractivity contribution in [3.05, 3.63) is 67.9 Å². The molecular formula is C42H61N3S2. The predicted octanol–water partition coefficient (Wildman–Crippen LogP) is 13.9. The van der Waals surface area contributed by atoms with Crippen LogP contribution in [0.1, 0.15) is 162 Å². The molecule has 5 heteroatoms. The Morgan fingerprint density at radius 1 is 0.574 bits per heavy atom. The number of pyridine rings is 1. The van der Waals surface area contributed by atoms with Crippen LogP contribution in [-0.4, -0.2) is 15.2 Å². The van der Waals surface area contributed by atoms with Crippen LogP contribution in [0, 0.1) is 0 Å². The van der Waals surface area contributed by atoms with Gasteiger partial charge < -0.3 is 0 Å². The van der Waals surface area contributed by atoms with Gasteiger partial charge in [-0.2, -0.15) is 5.10 Å². The van der Waals surface area contributed by atoms with Crippen LogP contribution in [0.15, 0.2) is 36.5 Å². The molecule has 0 bridgehead atoms. The van der Waals surface area contributed by atoms with E-state index < -0.39 is 0 Å². The molecule has 0 saturated heterocycles. The summed E-state index contributed by atoms with van der Waals surface area (Å²) in [6.45, 7) is 9.16. The molecule has 0 amide bonds. The number of aromatic nitrogens is 3. The maximum Gasteiger partial charge on any atom is 0.103 e. The van der Waals surface area contributed by atoms with Crippen LogP contribution < -0.4 is 0 Å². The zero-order chi connectivity index (χ0) is 33.1. The first-order valence-electron chi connectivity index (χ1n) is 19.1. The molecule has 3 nitrogen and oxygen atoms in total. The Bertz CT molecular complexity index is 1460. The monoisotopic (exact) mass is 671 g/mol. The van der Waals surface area contributed by atoms with Gasteiger partial charge in [-0.1, -0.05) is 111 Å². The number of thiophene rings is 2. The van der Waals surface area contributed by atoms with Crippen molar-refractivity contribution < 1.29 is 0 Å². The van der Waals surface area contributed by atoms with E-state index in [0.717, 1.165) is 23.5 Å². The second kappa shape index (κ2) is 21.5. The third-order valence-electron chi connectivity index (χ3n) is 9.20. The first-order valence-corrected chi connectivity index (χ1v) is 20.7. The molecule has 47 heavy (non-hydrogen) atoms. The van der Waals surface area contributed by atoms with Crippen LogP contribution in [0.25, 0.3) is 34.1 Å². The predicted molar refractivity (Wildman–Crippen MR) is 210 cm³/mol.